The van der Waals surface area contributed by atoms with Gasteiger partial charge >= 0.3 is 6.18 Å². The third-order valence-corrected chi connectivity index (χ3v) is 4.49. The Balaban J connectivity index is 2.11. The van der Waals surface area contributed by atoms with Crippen LogP contribution in [0.2, 0.25) is 0 Å². The van der Waals surface area contributed by atoms with Gasteiger partial charge in [0.1, 0.15) is 5.82 Å². The van der Waals surface area contributed by atoms with Crippen LogP contribution in [-0.2, 0) is 11.0 Å². The number of rotatable bonds is 6. The number of carbonyl (C=O) groups is 1. The molecule has 1 aromatic rings. The van der Waals surface area contributed by atoms with E-state index in [4.69, 9.17) is 0 Å². The highest BCUT2D eigenvalue weighted by Crippen LogP contribution is 2.59. The summed E-state index contributed by atoms with van der Waals surface area (Å²) in [6.07, 6.45) is -0.118. The molecular weight excluding hydrogens is 310 g/mol. The monoisotopic (exact) mass is 331 g/mol. The quantitative estimate of drug-likeness (QED) is 0.696. The van der Waals surface area contributed by atoms with Crippen molar-refractivity contribution in [2.75, 3.05) is 5.32 Å². The fourth-order valence-electron chi connectivity index (χ4n) is 3.45. The molecule has 0 unspecified atom stereocenters. The largest absolute Gasteiger partial charge is 0.416 e. The molecule has 0 aliphatic heterocycles. The van der Waals surface area contributed by atoms with Gasteiger partial charge in [0.25, 0.3) is 0 Å². The molecule has 1 aromatic carbocycles. The van der Waals surface area contributed by atoms with Crippen molar-refractivity contribution in [1.29, 1.82) is 0 Å². The van der Waals surface area contributed by atoms with Gasteiger partial charge in [0.05, 0.1) is 5.56 Å². The lowest BCUT2D eigenvalue weighted by Crippen LogP contribution is -2.19. The lowest BCUT2D eigenvalue weighted by Gasteiger charge is -2.16. The van der Waals surface area contributed by atoms with Gasteiger partial charge in [-0.25, -0.2) is 4.39 Å². The maximum atomic E-state index is 13.4. The Hall–Kier alpha value is -1.59. The number of halogens is 4. The predicted octanol–water partition coefficient (Wildman–Crippen LogP) is 5.39. The van der Waals surface area contributed by atoms with Crippen molar-refractivity contribution < 1.29 is 22.4 Å². The van der Waals surface area contributed by atoms with Crippen LogP contribution in [0.4, 0.5) is 23.2 Å². The topological polar surface area (TPSA) is 29.1 Å². The normalized spacial score (nSPS) is 19.5. The molecule has 0 heterocycles. The summed E-state index contributed by atoms with van der Waals surface area (Å²) in [5, 5.41) is 2.45. The first-order valence-corrected chi connectivity index (χ1v) is 7.90. The number of anilines is 1. The van der Waals surface area contributed by atoms with Gasteiger partial charge in [-0.15, -0.1) is 0 Å². The predicted molar refractivity (Wildman–Crippen MR) is 80.4 cm³/mol. The minimum Gasteiger partial charge on any atom is -0.326 e. The van der Waals surface area contributed by atoms with E-state index in [1.165, 1.54) is 0 Å². The van der Waals surface area contributed by atoms with Crippen LogP contribution in [0.15, 0.2) is 18.2 Å². The van der Waals surface area contributed by atoms with Gasteiger partial charge in [-0.2, -0.15) is 13.2 Å². The van der Waals surface area contributed by atoms with E-state index in [2.05, 4.69) is 5.32 Å². The van der Waals surface area contributed by atoms with Gasteiger partial charge in [-0.1, -0.05) is 26.7 Å². The smallest absolute Gasteiger partial charge is 0.326 e. The zero-order valence-corrected chi connectivity index (χ0v) is 13.3. The Morgan fingerprint density at radius 3 is 2.35 bits per heavy atom. The van der Waals surface area contributed by atoms with Gasteiger partial charge in [-0.3, -0.25) is 4.79 Å². The van der Waals surface area contributed by atoms with Crippen molar-refractivity contribution in [3.8, 4) is 0 Å². The SMILES string of the molecule is CCCC1(CCC)C[C@@H]1C(=O)Nc1cc(F)cc(C(F)(F)F)c1. The average Bonchev–Trinajstić information content (AvgIpc) is 3.12. The summed E-state index contributed by atoms with van der Waals surface area (Å²) in [7, 11) is 0. The maximum absolute atomic E-state index is 13.4. The van der Waals surface area contributed by atoms with Gasteiger partial charge in [0.15, 0.2) is 0 Å². The molecule has 0 radical (unpaired) electrons. The molecule has 1 fully saturated rings. The van der Waals surface area contributed by atoms with Crippen LogP contribution in [0.1, 0.15) is 51.5 Å². The van der Waals surface area contributed by atoms with Crippen molar-refractivity contribution in [2.24, 2.45) is 11.3 Å². The van der Waals surface area contributed by atoms with Crippen LogP contribution in [0, 0.1) is 17.2 Å². The lowest BCUT2D eigenvalue weighted by atomic mass is 9.92. The second kappa shape index (κ2) is 6.49. The highest BCUT2D eigenvalue weighted by atomic mass is 19.4. The average molecular weight is 331 g/mol. The second-order valence-corrected chi connectivity index (χ2v) is 6.33. The summed E-state index contributed by atoms with van der Waals surface area (Å²) < 4.78 is 51.5. The lowest BCUT2D eigenvalue weighted by molar-refractivity contribution is -0.137. The standard InChI is InChI=1S/C17H21F4NO/c1-3-5-16(6-4-2)10-14(16)15(23)22-13-8-11(17(19,20)21)7-12(18)9-13/h7-9,14H,3-6,10H2,1-2H3,(H,22,23)/t14-/m1/s1. The molecule has 1 saturated carbocycles. The van der Waals surface area contributed by atoms with Crippen molar-refractivity contribution >= 4 is 11.6 Å². The highest BCUT2D eigenvalue weighted by Gasteiger charge is 2.56. The first-order chi connectivity index (χ1) is 10.7. The molecule has 128 valence electrons. The Morgan fingerprint density at radius 2 is 1.83 bits per heavy atom. The number of carbonyl (C=O) groups excluding carboxylic acids is 1. The molecule has 0 aromatic heterocycles. The molecule has 1 N–H and O–H groups in total. The van der Waals surface area contributed by atoms with Crippen LogP contribution in [0.5, 0.6) is 0 Å². The minimum absolute atomic E-state index is 0.0340. The van der Waals surface area contributed by atoms with Gasteiger partial charge < -0.3 is 5.32 Å². The Bertz CT molecular complexity index is 576. The van der Waals surface area contributed by atoms with E-state index in [9.17, 15) is 22.4 Å². The number of hydrogen-bond donors (Lipinski definition) is 1. The second-order valence-electron chi connectivity index (χ2n) is 6.33. The Morgan fingerprint density at radius 1 is 1.22 bits per heavy atom. The van der Waals surface area contributed by atoms with Crippen molar-refractivity contribution in [1.82, 2.24) is 0 Å². The van der Waals surface area contributed by atoms with Crippen LogP contribution in [0.3, 0.4) is 0 Å². The van der Waals surface area contributed by atoms with E-state index in [0.717, 1.165) is 44.2 Å². The molecule has 1 aliphatic rings. The third kappa shape index (κ3) is 4.03. The maximum Gasteiger partial charge on any atom is 0.416 e. The molecule has 1 atom stereocenters. The molecule has 0 bridgehead atoms. The number of nitrogens with one attached hydrogen (secondary N) is 1. The first-order valence-electron chi connectivity index (χ1n) is 7.90. The molecular formula is C17H21F4NO. The van der Waals surface area contributed by atoms with Crippen molar-refractivity contribution in [3.63, 3.8) is 0 Å². The third-order valence-electron chi connectivity index (χ3n) is 4.49. The van der Waals surface area contributed by atoms with E-state index in [0.29, 0.717) is 6.07 Å². The number of benzene rings is 1. The van der Waals surface area contributed by atoms with Crippen LogP contribution in [-0.4, -0.2) is 5.91 Å². The van der Waals surface area contributed by atoms with E-state index in [1.54, 1.807) is 0 Å². The summed E-state index contributed by atoms with van der Waals surface area (Å²) in [5.74, 6) is -1.52. The van der Waals surface area contributed by atoms with E-state index < -0.39 is 17.6 Å². The Labute approximate surface area is 133 Å². The van der Waals surface area contributed by atoms with Crippen LogP contribution >= 0.6 is 0 Å². The van der Waals surface area contributed by atoms with E-state index >= 15 is 0 Å². The summed E-state index contributed by atoms with van der Waals surface area (Å²) in [5.41, 5.74) is -1.28. The molecule has 1 amide bonds. The van der Waals surface area contributed by atoms with Crippen molar-refractivity contribution in [2.45, 2.75) is 52.1 Å². The van der Waals surface area contributed by atoms with Gasteiger partial charge in [-0.05, 0) is 42.9 Å². The molecule has 2 rings (SSSR count). The zero-order valence-electron chi connectivity index (χ0n) is 13.3. The zero-order chi connectivity index (χ0) is 17.3. The van der Waals surface area contributed by atoms with Gasteiger partial charge in [0, 0.05) is 11.6 Å². The van der Waals surface area contributed by atoms with E-state index in [-0.39, 0.29) is 22.9 Å². The molecule has 1 aliphatic carbocycles. The van der Waals surface area contributed by atoms with Crippen LogP contribution in [0.25, 0.3) is 0 Å². The summed E-state index contributed by atoms with van der Waals surface area (Å²) in [4.78, 5) is 12.3. The summed E-state index contributed by atoms with van der Waals surface area (Å²) >= 11 is 0. The van der Waals surface area contributed by atoms with E-state index in [1.807, 2.05) is 13.8 Å². The fourth-order valence-corrected chi connectivity index (χ4v) is 3.45. The highest BCUT2D eigenvalue weighted by molar-refractivity contribution is 5.95. The summed E-state index contributed by atoms with van der Waals surface area (Å²) in [6, 6.07) is 2.10. The summed E-state index contributed by atoms with van der Waals surface area (Å²) in [6.45, 7) is 4.10. The Kier molecular flexibility index (Phi) is 5.01. The first kappa shape index (κ1) is 17.8. The molecule has 2 nitrogen and oxygen atoms in total. The van der Waals surface area contributed by atoms with Crippen LogP contribution < -0.4 is 5.32 Å². The minimum atomic E-state index is -4.64. The number of hydrogen-bond acceptors (Lipinski definition) is 1. The molecule has 6 heteroatoms. The molecule has 0 saturated heterocycles. The fraction of sp³-hybridized carbons (Fsp3) is 0.588. The number of alkyl halides is 3. The molecule has 23 heavy (non-hydrogen) atoms. The van der Waals surface area contributed by atoms with Crippen molar-refractivity contribution in [3.05, 3.63) is 29.6 Å². The molecule has 0 spiro atoms. The number of amides is 1. The van der Waals surface area contributed by atoms with Gasteiger partial charge in [0.2, 0.25) is 5.91 Å².